The molecule has 0 aliphatic carbocycles. The van der Waals surface area contributed by atoms with Crippen molar-refractivity contribution in [2.75, 3.05) is 31.2 Å². The molecule has 1 saturated heterocycles. The van der Waals surface area contributed by atoms with Crippen LogP contribution < -0.4 is 15.0 Å². The molecule has 0 unspecified atom stereocenters. The predicted molar refractivity (Wildman–Crippen MR) is 110 cm³/mol. The molecule has 1 fully saturated rings. The van der Waals surface area contributed by atoms with E-state index < -0.39 is 0 Å². The van der Waals surface area contributed by atoms with Gasteiger partial charge in [0.05, 0.1) is 31.9 Å². The minimum atomic E-state index is 0.0222. The Bertz CT molecular complexity index is 858. The van der Waals surface area contributed by atoms with Gasteiger partial charge in [-0.1, -0.05) is 18.2 Å². The molecular weight excluding hydrogens is 368 g/mol. The van der Waals surface area contributed by atoms with Gasteiger partial charge in [-0.15, -0.1) is 0 Å². The van der Waals surface area contributed by atoms with Crippen LogP contribution in [0.2, 0.25) is 0 Å². The summed E-state index contributed by atoms with van der Waals surface area (Å²) in [6.45, 7) is 5.34. The van der Waals surface area contributed by atoms with Gasteiger partial charge in [-0.25, -0.2) is 9.97 Å². The van der Waals surface area contributed by atoms with E-state index in [1.165, 1.54) is 0 Å². The van der Waals surface area contributed by atoms with Gasteiger partial charge in [0.2, 0.25) is 11.9 Å². The van der Waals surface area contributed by atoms with Crippen molar-refractivity contribution in [1.29, 1.82) is 0 Å². The maximum atomic E-state index is 12.4. The normalized spacial score (nSPS) is 18.8. The van der Waals surface area contributed by atoms with E-state index >= 15 is 0 Å². The largest absolute Gasteiger partial charge is 0.493 e. The maximum Gasteiger partial charge on any atom is 0.225 e. The fourth-order valence-corrected chi connectivity index (χ4v) is 3.82. The van der Waals surface area contributed by atoms with E-state index in [0.29, 0.717) is 26.2 Å². The highest BCUT2D eigenvalue weighted by molar-refractivity contribution is 5.76. The van der Waals surface area contributed by atoms with Gasteiger partial charge in [0, 0.05) is 37.3 Å². The van der Waals surface area contributed by atoms with Gasteiger partial charge in [0.1, 0.15) is 5.75 Å². The molecule has 2 aliphatic rings. The van der Waals surface area contributed by atoms with Crippen LogP contribution in [0.25, 0.3) is 0 Å². The average molecular weight is 396 g/mol. The van der Waals surface area contributed by atoms with Crippen LogP contribution >= 0.6 is 0 Å². The molecular formula is C22H28N4O3. The highest BCUT2D eigenvalue weighted by Crippen LogP contribution is 2.20. The van der Waals surface area contributed by atoms with Crippen LogP contribution in [-0.2, 0) is 22.6 Å². The summed E-state index contributed by atoms with van der Waals surface area (Å²) in [5.74, 6) is 1.61. The van der Waals surface area contributed by atoms with E-state index in [-0.39, 0.29) is 11.9 Å². The van der Waals surface area contributed by atoms with E-state index in [0.717, 1.165) is 60.9 Å². The number of anilines is 1. The first-order valence-electron chi connectivity index (χ1n) is 10.3. The van der Waals surface area contributed by atoms with Crippen molar-refractivity contribution in [3.63, 3.8) is 0 Å². The molecule has 29 heavy (non-hydrogen) atoms. The van der Waals surface area contributed by atoms with Gasteiger partial charge >= 0.3 is 0 Å². The molecule has 0 radical (unpaired) electrons. The monoisotopic (exact) mass is 396 g/mol. The zero-order valence-electron chi connectivity index (χ0n) is 16.9. The number of fused-ring (bicyclic) bond motifs is 1. The van der Waals surface area contributed by atoms with Crippen molar-refractivity contribution in [2.24, 2.45) is 0 Å². The lowest BCUT2D eigenvalue weighted by atomic mass is 10.1. The third-order valence-electron chi connectivity index (χ3n) is 5.43. The first-order chi connectivity index (χ1) is 14.2. The zero-order chi connectivity index (χ0) is 20.1. The number of carbonyl (C=O) groups excluding carboxylic acids is 1. The Morgan fingerprint density at radius 1 is 1.38 bits per heavy atom. The van der Waals surface area contributed by atoms with Crippen molar-refractivity contribution in [2.45, 2.75) is 45.3 Å². The highest BCUT2D eigenvalue weighted by Gasteiger charge is 2.24. The van der Waals surface area contributed by atoms with Crippen LogP contribution in [0.4, 0.5) is 5.95 Å². The Hall–Kier alpha value is -2.67. The van der Waals surface area contributed by atoms with Gasteiger partial charge in [-0.3, -0.25) is 4.79 Å². The molecule has 7 heteroatoms. The van der Waals surface area contributed by atoms with E-state index in [1.807, 2.05) is 37.4 Å². The van der Waals surface area contributed by atoms with Gasteiger partial charge in [-0.05, 0) is 31.4 Å². The Labute approximate surface area is 171 Å². The number of nitrogens with one attached hydrogen (secondary N) is 1. The van der Waals surface area contributed by atoms with Crippen molar-refractivity contribution in [3.05, 3.63) is 47.3 Å². The van der Waals surface area contributed by atoms with E-state index in [9.17, 15) is 4.79 Å². The van der Waals surface area contributed by atoms with Gasteiger partial charge in [0.15, 0.2) is 0 Å². The number of rotatable bonds is 6. The van der Waals surface area contributed by atoms with Gasteiger partial charge in [0.25, 0.3) is 0 Å². The second-order valence-electron chi connectivity index (χ2n) is 7.66. The lowest BCUT2D eigenvalue weighted by Crippen LogP contribution is -2.48. The molecule has 0 bridgehead atoms. The molecule has 1 aromatic heterocycles. The zero-order valence-corrected chi connectivity index (χ0v) is 16.9. The van der Waals surface area contributed by atoms with Crippen molar-refractivity contribution in [3.8, 4) is 5.75 Å². The third kappa shape index (κ3) is 5.03. The quantitative estimate of drug-likeness (QED) is 0.808. The molecule has 0 spiro atoms. The molecule has 1 N–H and O–H groups in total. The number of benzene rings is 1. The maximum absolute atomic E-state index is 12.4. The topological polar surface area (TPSA) is 76.6 Å². The number of carbonyl (C=O) groups is 1. The fourth-order valence-electron chi connectivity index (χ4n) is 3.82. The number of piperidine rings is 1. The van der Waals surface area contributed by atoms with Crippen LogP contribution in [0.3, 0.4) is 0 Å². The number of ether oxygens (including phenoxy) is 2. The molecule has 2 aromatic rings. The second-order valence-corrected chi connectivity index (χ2v) is 7.66. The molecule has 154 valence electrons. The van der Waals surface area contributed by atoms with Crippen molar-refractivity contribution in [1.82, 2.24) is 15.3 Å². The SMILES string of the molecule is Cc1ccccc1OCCC(=O)N[C@H]1CCCN(c2ncc3c(n2)CCOC3)C1. The molecule has 0 saturated carbocycles. The molecule has 1 amide bonds. The smallest absolute Gasteiger partial charge is 0.225 e. The first kappa shape index (κ1) is 19.6. The summed E-state index contributed by atoms with van der Waals surface area (Å²) in [6.07, 6.45) is 5.04. The Kier molecular flexibility index (Phi) is 6.24. The Morgan fingerprint density at radius 3 is 3.17 bits per heavy atom. The van der Waals surface area contributed by atoms with Crippen LogP contribution in [0.1, 0.15) is 36.1 Å². The van der Waals surface area contributed by atoms with Crippen molar-refractivity contribution < 1.29 is 14.3 Å². The lowest BCUT2D eigenvalue weighted by molar-refractivity contribution is -0.122. The fraction of sp³-hybridized carbons (Fsp3) is 0.500. The standard InChI is InChI=1S/C22H28N4O3/c1-16-5-2-3-7-20(16)29-12-9-21(27)24-18-6-4-10-26(14-18)22-23-13-17-15-28-11-8-19(17)25-22/h2-3,5,7,13,18H,4,6,8-12,14-15H2,1H3,(H,24,27)/t18-/m0/s1. The number of para-hydroxylation sites is 1. The van der Waals surface area contributed by atoms with Gasteiger partial charge < -0.3 is 19.7 Å². The molecule has 7 nitrogen and oxygen atoms in total. The summed E-state index contributed by atoms with van der Waals surface area (Å²) >= 11 is 0. The molecule has 2 aliphatic heterocycles. The minimum Gasteiger partial charge on any atom is -0.493 e. The lowest BCUT2D eigenvalue weighted by Gasteiger charge is -2.33. The number of hydrogen-bond donors (Lipinski definition) is 1. The summed E-state index contributed by atoms with van der Waals surface area (Å²) in [6, 6.07) is 7.95. The van der Waals surface area contributed by atoms with Crippen LogP contribution in [0, 0.1) is 6.92 Å². The summed E-state index contributed by atoms with van der Waals surface area (Å²) in [5.41, 5.74) is 3.24. The number of hydrogen-bond acceptors (Lipinski definition) is 6. The Morgan fingerprint density at radius 2 is 2.28 bits per heavy atom. The summed E-state index contributed by atoms with van der Waals surface area (Å²) in [7, 11) is 0. The second kappa shape index (κ2) is 9.22. The van der Waals surface area contributed by atoms with E-state index in [1.54, 1.807) is 0 Å². The van der Waals surface area contributed by atoms with E-state index in [4.69, 9.17) is 14.5 Å². The van der Waals surface area contributed by atoms with Crippen LogP contribution in [0.5, 0.6) is 5.75 Å². The van der Waals surface area contributed by atoms with E-state index in [2.05, 4.69) is 15.2 Å². The summed E-state index contributed by atoms with van der Waals surface area (Å²) in [4.78, 5) is 23.8. The Balaban J connectivity index is 1.27. The third-order valence-corrected chi connectivity index (χ3v) is 5.43. The highest BCUT2D eigenvalue weighted by atomic mass is 16.5. The number of amides is 1. The van der Waals surface area contributed by atoms with Crippen LogP contribution in [0.15, 0.2) is 30.5 Å². The number of aromatic nitrogens is 2. The van der Waals surface area contributed by atoms with Gasteiger partial charge in [-0.2, -0.15) is 0 Å². The summed E-state index contributed by atoms with van der Waals surface area (Å²) < 4.78 is 11.2. The predicted octanol–water partition coefficient (Wildman–Crippen LogP) is 2.41. The minimum absolute atomic E-state index is 0.0222. The molecule has 4 rings (SSSR count). The van der Waals surface area contributed by atoms with Crippen LogP contribution in [-0.4, -0.2) is 48.2 Å². The molecule has 1 atom stereocenters. The average Bonchev–Trinajstić information content (AvgIpc) is 2.75. The summed E-state index contributed by atoms with van der Waals surface area (Å²) in [5, 5.41) is 3.15. The molecule has 3 heterocycles. The molecule has 1 aromatic carbocycles. The number of nitrogens with zero attached hydrogens (tertiary/aromatic N) is 3. The van der Waals surface area contributed by atoms with Crippen molar-refractivity contribution >= 4 is 11.9 Å². The number of aryl methyl sites for hydroxylation is 1. The first-order valence-corrected chi connectivity index (χ1v) is 10.3.